The van der Waals surface area contributed by atoms with Gasteiger partial charge in [-0.2, -0.15) is 0 Å². The van der Waals surface area contributed by atoms with E-state index in [0.29, 0.717) is 0 Å². The van der Waals surface area contributed by atoms with E-state index in [1.54, 1.807) is 6.20 Å². The average molecular weight is 236 g/mol. The molecule has 2 rings (SSSR count). The van der Waals surface area contributed by atoms with Crippen LogP contribution in [0.1, 0.15) is 6.92 Å². The summed E-state index contributed by atoms with van der Waals surface area (Å²) < 4.78 is 2.80. The van der Waals surface area contributed by atoms with Crippen molar-refractivity contribution in [3.63, 3.8) is 0 Å². The van der Waals surface area contributed by atoms with Gasteiger partial charge in [-0.3, -0.25) is 0 Å². The molecule has 0 aromatic carbocycles. The first-order chi connectivity index (χ1) is 7.72. The lowest BCUT2D eigenvalue weighted by molar-refractivity contribution is 0.336. The zero-order chi connectivity index (χ0) is 11.5. The summed E-state index contributed by atoms with van der Waals surface area (Å²) in [4.78, 5) is 9.77. The quantitative estimate of drug-likeness (QED) is 0.825. The lowest BCUT2D eigenvalue weighted by atomic mass is 10.4. The number of H-pyrrole nitrogens is 1. The zero-order valence-corrected chi connectivity index (χ0v) is 10.4. The number of nitrogens with zero attached hydrogens (tertiary/aromatic N) is 3. The molecular weight excluding hydrogens is 220 g/mol. The fraction of sp³-hybridized carbons (Fsp3) is 0.455. The number of nitrogens with one attached hydrogen (secondary N) is 1. The van der Waals surface area contributed by atoms with E-state index < -0.39 is 0 Å². The summed E-state index contributed by atoms with van der Waals surface area (Å²) in [6.45, 7) is 5.05. The summed E-state index contributed by atoms with van der Waals surface area (Å²) in [5.41, 5.74) is 1.95. The second-order valence-corrected chi connectivity index (χ2v) is 4.24. The number of aromatic nitrogens is 3. The fourth-order valence-corrected chi connectivity index (χ4v) is 1.91. The van der Waals surface area contributed by atoms with Crippen LogP contribution in [0, 0.1) is 4.77 Å². The second kappa shape index (κ2) is 4.76. The molecule has 2 heterocycles. The van der Waals surface area contributed by atoms with E-state index >= 15 is 0 Å². The third-order valence-corrected chi connectivity index (χ3v) is 3.10. The Bertz CT molecular complexity index is 528. The van der Waals surface area contributed by atoms with Crippen LogP contribution < -0.4 is 0 Å². The molecule has 0 saturated carbocycles. The molecule has 0 unspecified atom stereocenters. The van der Waals surface area contributed by atoms with Crippen LogP contribution in [0.5, 0.6) is 0 Å². The van der Waals surface area contributed by atoms with Gasteiger partial charge in [0.25, 0.3) is 0 Å². The van der Waals surface area contributed by atoms with Crippen molar-refractivity contribution < 1.29 is 0 Å². The van der Waals surface area contributed by atoms with Crippen molar-refractivity contribution in [2.45, 2.75) is 13.5 Å². The summed E-state index contributed by atoms with van der Waals surface area (Å²) >= 11 is 5.29. The average Bonchev–Trinajstić information content (AvgIpc) is 2.62. The first kappa shape index (κ1) is 11.3. The van der Waals surface area contributed by atoms with Gasteiger partial charge >= 0.3 is 0 Å². The summed E-state index contributed by atoms with van der Waals surface area (Å²) in [6, 6.07) is 3.91. The molecule has 0 aliphatic heterocycles. The Morgan fingerprint density at radius 3 is 3.12 bits per heavy atom. The predicted octanol–water partition coefficient (Wildman–Crippen LogP) is 2.05. The number of rotatable bonds is 4. The van der Waals surface area contributed by atoms with Crippen LogP contribution in [0.3, 0.4) is 0 Å². The Balaban J connectivity index is 2.29. The molecule has 0 saturated heterocycles. The molecule has 5 heteroatoms. The van der Waals surface area contributed by atoms with E-state index in [-0.39, 0.29) is 0 Å². The molecule has 0 bridgehead atoms. The highest BCUT2D eigenvalue weighted by molar-refractivity contribution is 7.71. The first-order valence-corrected chi connectivity index (χ1v) is 5.85. The molecule has 0 radical (unpaired) electrons. The Hall–Kier alpha value is -1.20. The van der Waals surface area contributed by atoms with Gasteiger partial charge in [0.2, 0.25) is 0 Å². The van der Waals surface area contributed by atoms with Crippen molar-refractivity contribution in [3.8, 4) is 0 Å². The van der Waals surface area contributed by atoms with E-state index in [1.165, 1.54) is 0 Å². The molecule has 0 fully saturated rings. The molecular formula is C11H16N4S. The van der Waals surface area contributed by atoms with Crippen LogP contribution >= 0.6 is 12.2 Å². The van der Waals surface area contributed by atoms with Gasteiger partial charge < -0.3 is 14.5 Å². The van der Waals surface area contributed by atoms with Crippen molar-refractivity contribution in [1.29, 1.82) is 0 Å². The van der Waals surface area contributed by atoms with Crippen LogP contribution in [-0.2, 0) is 6.54 Å². The Morgan fingerprint density at radius 1 is 1.56 bits per heavy atom. The maximum Gasteiger partial charge on any atom is 0.179 e. The van der Waals surface area contributed by atoms with Gasteiger partial charge in [0.15, 0.2) is 10.4 Å². The Morgan fingerprint density at radius 2 is 2.38 bits per heavy atom. The summed E-state index contributed by atoms with van der Waals surface area (Å²) in [5, 5.41) is 0. The number of pyridine rings is 1. The smallest absolute Gasteiger partial charge is 0.179 e. The molecule has 0 amide bonds. The SMILES string of the molecule is CCN(C)CCn1c(=S)[nH]c2cccnc21. The highest BCUT2D eigenvalue weighted by atomic mass is 32.1. The molecule has 86 valence electrons. The largest absolute Gasteiger partial charge is 0.329 e. The topological polar surface area (TPSA) is 36.9 Å². The number of hydrogen-bond acceptors (Lipinski definition) is 3. The summed E-state index contributed by atoms with van der Waals surface area (Å²) in [6.07, 6.45) is 1.80. The van der Waals surface area contributed by atoms with Crippen LogP contribution in [0.25, 0.3) is 11.2 Å². The monoisotopic (exact) mass is 236 g/mol. The van der Waals surface area contributed by atoms with Gasteiger partial charge in [0.05, 0.1) is 5.52 Å². The molecule has 0 atom stereocenters. The molecule has 0 aliphatic carbocycles. The second-order valence-electron chi connectivity index (χ2n) is 3.85. The lowest BCUT2D eigenvalue weighted by Crippen LogP contribution is -2.22. The predicted molar refractivity (Wildman–Crippen MR) is 68.1 cm³/mol. The van der Waals surface area contributed by atoms with Gasteiger partial charge in [0.1, 0.15) is 0 Å². The maximum atomic E-state index is 5.29. The highest BCUT2D eigenvalue weighted by Gasteiger charge is 2.05. The van der Waals surface area contributed by atoms with E-state index in [2.05, 4.69) is 33.4 Å². The molecule has 2 aromatic rings. The Labute approximate surface area is 99.9 Å². The highest BCUT2D eigenvalue weighted by Crippen LogP contribution is 2.10. The summed E-state index contributed by atoms with van der Waals surface area (Å²) in [7, 11) is 2.10. The normalized spacial score (nSPS) is 11.4. The number of imidazole rings is 1. The molecule has 16 heavy (non-hydrogen) atoms. The minimum absolute atomic E-state index is 0.748. The molecule has 2 aromatic heterocycles. The van der Waals surface area contributed by atoms with Crippen LogP contribution in [-0.4, -0.2) is 39.6 Å². The van der Waals surface area contributed by atoms with Crippen molar-refractivity contribution in [2.75, 3.05) is 20.1 Å². The third-order valence-electron chi connectivity index (χ3n) is 2.77. The number of hydrogen-bond donors (Lipinski definition) is 1. The van der Waals surface area contributed by atoms with Gasteiger partial charge in [-0.25, -0.2) is 4.98 Å². The number of aromatic amines is 1. The van der Waals surface area contributed by atoms with Crippen LogP contribution in [0.2, 0.25) is 0 Å². The van der Waals surface area contributed by atoms with E-state index in [4.69, 9.17) is 12.2 Å². The summed E-state index contributed by atoms with van der Waals surface area (Å²) in [5.74, 6) is 0. The van der Waals surface area contributed by atoms with Gasteiger partial charge in [-0.1, -0.05) is 6.92 Å². The molecule has 0 aliphatic rings. The van der Waals surface area contributed by atoms with Crippen molar-refractivity contribution in [2.24, 2.45) is 0 Å². The molecule has 0 spiro atoms. The van der Waals surface area contributed by atoms with E-state index in [0.717, 1.165) is 35.6 Å². The van der Waals surface area contributed by atoms with Crippen LogP contribution in [0.15, 0.2) is 18.3 Å². The number of fused-ring (bicyclic) bond motifs is 1. The van der Waals surface area contributed by atoms with Gasteiger partial charge in [-0.15, -0.1) is 0 Å². The van der Waals surface area contributed by atoms with Crippen molar-refractivity contribution in [1.82, 2.24) is 19.4 Å². The van der Waals surface area contributed by atoms with Gasteiger partial charge in [0, 0.05) is 19.3 Å². The minimum Gasteiger partial charge on any atom is -0.329 e. The van der Waals surface area contributed by atoms with Crippen LogP contribution in [0.4, 0.5) is 0 Å². The molecule has 4 nitrogen and oxygen atoms in total. The lowest BCUT2D eigenvalue weighted by Gasteiger charge is -2.13. The third kappa shape index (κ3) is 2.15. The standard InChI is InChI=1S/C11H16N4S/c1-3-14(2)7-8-15-10-9(13-11(15)16)5-4-6-12-10/h4-6H,3,7-8H2,1-2H3,(H,13,16). The van der Waals surface area contributed by atoms with E-state index in [9.17, 15) is 0 Å². The maximum absolute atomic E-state index is 5.29. The fourth-order valence-electron chi connectivity index (χ4n) is 1.62. The van der Waals surface area contributed by atoms with E-state index in [1.807, 2.05) is 12.1 Å². The minimum atomic E-state index is 0.748. The van der Waals surface area contributed by atoms with Crippen molar-refractivity contribution in [3.05, 3.63) is 23.1 Å². The first-order valence-electron chi connectivity index (χ1n) is 5.44. The Kier molecular flexibility index (Phi) is 3.36. The zero-order valence-electron chi connectivity index (χ0n) is 9.60. The number of likely N-dealkylation sites (N-methyl/N-ethyl adjacent to an activating group) is 1. The molecule has 1 N–H and O–H groups in total. The van der Waals surface area contributed by atoms with Crippen molar-refractivity contribution >= 4 is 23.4 Å². The van der Waals surface area contributed by atoms with Gasteiger partial charge in [-0.05, 0) is 37.9 Å².